The molecule has 1 amide bonds. The third-order valence-corrected chi connectivity index (χ3v) is 6.60. The van der Waals surface area contributed by atoms with Crippen molar-refractivity contribution in [3.8, 4) is 0 Å². The molecule has 1 aromatic heterocycles. The van der Waals surface area contributed by atoms with Crippen molar-refractivity contribution in [1.29, 1.82) is 0 Å². The lowest BCUT2D eigenvalue weighted by atomic mass is 9.76. The average Bonchev–Trinajstić information content (AvgIpc) is 2.97. The van der Waals surface area contributed by atoms with E-state index in [0.717, 1.165) is 40.8 Å². The number of aromatic nitrogens is 1. The summed E-state index contributed by atoms with van der Waals surface area (Å²) in [5.41, 5.74) is 4.99. The molecule has 1 saturated heterocycles. The van der Waals surface area contributed by atoms with Gasteiger partial charge >= 0.3 is 12.1 Å². The van der Waals surface area contributed by atoms with Gasteiger partial charge in [-0.25, -0.2) is 9.59 Å². The van der Waals surface area contributed by atoms with E-state index in [9.17, 15) is 9.59 Å². The maximum atomic E-state index is 12.2. The molecule has 6 nitrogen and oxygen atoms in total. The molecule has 1 fully saturated rings. The summed E-state index contributed by atoms with van der Waals surface area (Å²) in [5.74, 6) is -0.0501. The van der Waals surface area contributed by atoms with Crippen LogP contribution in [-0.4, -0.2) is 48.2 Å². The second kappa shape index (κ2) is 10.9. The Balaban J connectivity index is 1.73. The fourth-order valence-corrected chi connectivity index (χ4v) is 5.03. The quantitative estimate of drug-likeness (QED) is 0.405. The summed E-state index contributed by atoms with van der Waals surface area (Å²) in [5, 5.41) is 0.651. The second-order valence-electron chi connectivity index (χ2n) is 8.40. The Morgan fingerprint density at radius 2 is 1.91 bits per heavy atom. The van der Waals surface area contributed by atoms with Gasteiger partial charge < -0.3 is 14.4 Å². The molecule has 1 unspecified atom stereocenters. The van der Waals surface area contributed by atoms with Gasteiger partial charge in [0, 0.05) is 41.9 Å². The first-order valence-electron chi connectivity index (χ1n) is 11.7. The minimum absolute atomic E-state index is 0.0394. The molecule has 4 rings (SSSR count). The van der Waals surface area contributed by atoms with Crippen molar-refractivity contribution in [3.05, 3.63) is 76.1 Å². The molecule has 2 aliphatic rings. The SMILES string of the molecule is CCOC(=O)/C=C/C1=Cc2cc(Cl)ccc2C(C2CCN(C(=O)OCC)CC2)c2ncccc21. The van der Waals surface area contributed by atoms with E-state index < -0.39 is 0 Å². The third-order valence-electron chi connectivity index (χ3n) is 6.36. The van der Waals surface area contributed by atoms with Gasteiger partial charge in [0.05, 0.1) is 18.9 Å². The van der Waals surface area contributed by atoms with Crippen LogP contribution in [0, 0.1) is 5.92 Å². The van der Waals surface area contributed by atoms with Crippen LogP contribution in [0.2, 0.25) is 5.02 Å². The van der Waals surface area contributed by atoms with Gasteiger partial charge in [0.25, 0.3) is 0 Å². The van der Waals surface area contributed by atoms with Crippen molar-refractivity contribution in [3.63, 3.8) is 0 Å². The number of nitrogens with zero attached hydrogens (tertiary/aromatic N) is 2. The molecule has 2 heterocycles. The molecule has 178 valence electrons. The Morgan fingerprint density at radius 1 is 1.15 bits per heavy atom. The number of halogens is 1. The first kappa shape index (κ1) is 24.0. The van der Waals surface area contributed by atoms with Crippen LogP contribution in [0.1, 0.15) is 55.0 Å². The number of piperidine rings is 1. The van der Waals surface area contributed by atoms with Gasteiger partial charge in [0.2, 0.25) is 0 Å². The number of benzene rings is 1. The Hall–Kier alpha value is -3.12. The van der Waals surface area contributed by atoms with Gasteiger partial charge in [0.15, 0.2) is 0 Å². The summed E-state index contributed by atoms with van der Waals surface area (Å²) >= 11 is 6.38. The number of rotatable bonds is 5. The normalized spacial score (nSPS) is 18.0. The molecule has 0 saturated carbocycles. The highest BCUT2D eigenvalue weighted by Gasteiger charge is 2.35. The number of hydrogen-bond donors (Lipinski definition) is 0. The zero-order valence-electron chi connectivity index (χ0n) is 19.5. The number of hydrogen-bond acceptors (Lipinski definition) is 5. The molecule has 1 aliphatic carbocycles. The molecule has 0 radical (unpaired) electrons. The zero-order chi connectivity index (χ0) is 24.1. The number of fused-ring (bicyclic) bond motifs is 2. The van der Waals surface area contributed by atoms with Crippen LogP contribution in [0.3, 0.4) is 0 Å². The zero-order valence-corrected chi connectivity index (χ0v) is 20.3. The third kappa shape index (κ3) is 5.17. The van der Waals surface area contributed by atoms with Crippen LogP contribution >= 0.6 is 11.6 Å². The van der Waals surface area contributed by atoms with E-state index in [2.05, 4.69) is 12.1 Å². The molecular formula is C27H29ClN2O4. The van der Waals surface area contributed by atoms with Crippen molar-refractivity contribution < 1.29 is 19.1 Å². The van der Waals surface area contributed by atoms with E-state index in [0.29, 0.717) is 37.2 Å². The summed E-state index contributed by atoms with van der Waals surface area (Å²) in [4.78, 5) is 30.8. The summed E-state index contributed by atoms with van der Waals surface area (Å²) < 4.78 is 10.3. The molecule has 0 N–H and O–H groups in total. The number of carbonyl (C=O) groups excluding carboxylic acids is 2. The summed E-state index contributed by atoms with van der Waals surface area (Å²) in [6, 6.07) is 9.90. The number of likely N-dealkylation sites (tertiary alicyclic amines) is 1. The Labute approximate surface area is 205 Å². The van der Waals surface area contributed by atoms with Crippen LogP contribution in [0.25, 0.3) is 11.6 Å². The molecular weight excluding hydrogens is 452 g/mol. The molecule has 0 bridgehead atoms. The van der Waals surface area contributed by atoms with Gasteiger partial charge in [-0.1, -0.05) is 23.7 Å². The number of carbonyl (C=O) groups is 2. The van der Waals surface area contributed by atoms with Crippen LogP contribution in [0.4, 0.5) is 4.79 Å². The highest BCUT2D eigenvalue weighted by Crippen LogP contribution is 2.44. The lowest BCUT2D eigenvalue weighted by Gasteiger charge is -2.36. The van der Waals surface area contributed by atoms with E-state index in [1.54, 1.807) is 17.9 Å². The number of allylic oxidation sites excluding steroid dienone is 2. The fourth-order valence-electron chi connectivity index (χ4n) is 4.85. The van der Waals surface area contributed by atoms with Crippen molar-refractivity contribution in [2.75, 3.05) is 26.3 Å². The van der Waals surface area contributed by atoms with Crippen LogP contribution in [0.15, 0.2) is 48.7 Å². The predicted molar refractivity (Wildman–Crippen MR) is 132 cm³/mol. The molecule has 2 aromatic rings. The Bertz CT molecular complexity index is 1120. The maximum absolute atomic E-state index is 12.2. The predicted octanol–water partition coefficient (Wildman–Crippen LogP) is 5.71. The van der Waals surface area contributed by atoms with Gasteiger partial charge in [-0.15, -0.1) is 0 Å². The van der Waals surface area contributed by atoms with Crippen LogP contribution in [0.5, 0.6) is 0 Å². The molecule has 1 aromatic carbocycles. The van der Waals surface area contributed by atoms with E-state index in [1.165, 1.54) is 6.08 Å². The number of ether oxygens (including phenoxy) is 2. The first-order chi connectivity index (χ1) is 16.5. The minimum atomic E-state index is -0.382. The van der Waals surface area contributed by atoms with Gasteiger partial charge in [-0.05, 0) is 79.7 Å². The monoisotopic (exact) mass is 480 g/mol. The van der Waals surface area contributed by atoms with E-state index in [1.807, 2.05) is 37.4 Å². The van der Waals surface area contributed by atoms with Gasteiger partial charge in [-0.2, -0.15) is 0 Å². The summed E-state index contributed by atoms with van der Waals surface area (Å²) in [6.45, 7) is 5.60. The highest BCUT2D eigenvalue weighted by molar-refractivity contribution is 6.30. The highest BCUT2D eigenvalue weighted by atomic mass is 35.5. The second-order valence-corrected chi connectivity index (χ2v) is 8.83. The Kier molecular flexibility index (Phi) is 7.68. The van der Waals surface area contributed by atoms with E-state index >= 15 is 0 Å². The maximum Gasteiger partial charge on any atom is 0.409 e. The molecule has 0 spiro atoms. The van der Waals surface area contributed by atoms with E-state index in [-0.39, 0.29) is 18.0 Å². The van der Waals surface area contributed by atoms with Crippen LogP contribution < -0.4 is 0 Å². The molecule has 1 atom stereocenters. The van der Waals surface area contributed by atoms with Gasteiger partial charge in [0.1, 0.15) is 0 Å². The Morgan fingerprint density at radius 3 is 2.65 bits per heavy atom. The van der Waals surface area contributed by atoms with E-state index in [4.69, 9.17) is 26.1 Å². The summed E-state index contributed by atoms with van der Waals surface area (Å²) in [7, 11) is 0. The average molecular weight is 481 g/mol. The minimum Gasteiger partial charge on any atom is -0.463 e. The number of amides is 1. The molecule has 34 heavy (non-hydrogen) atoms. The van der Waals surface area contributed by atoms with Crippen LogP contribution in [-0.2, 0) is 14.3 Å². The first-order valence-corrected chi connectivity index (χ1v) is 12.1. The topological polar surface area (TPSA) is 68.7 Å². The van der Waals surface area contributed by atoms with Crippen molar-refractivity contribution >= 4 is 35.3 Å². The molecule has 7 heteroatoms. The van der Waals surface area contributed by atoms with Gasteiger partial charge in [-0.3, -0.25) is 4.98 Å². The fraction of sp³-hybridized carbons (Fsp3) is 0.370. The largest absolute Gasteiger partial charge is 0.463 e. The van der Waals surface area contributed by atoms with Crippen molar-refractivity contribution in [1.82, 2.24) is 9.88 Å². The van der Waals surface area contributed by atoms with Crippen molar-refractivity contribution in [2.24, 2.45) is 5.92 Å². The lowest BCUT2D eigenvalue weighted by molar-refractivity contribution is -0.137. The standard InChI is InChI=1S/C27H29ClN2O4/c1-3-33-24(31)10-7-19-16-20-17-21(28)8-9-22(20)25(26-23(19)6-5-13-29-26)18-11-14-30(15-12-18)27(32)34-4-2/h5-10,13,16-18,25H,3-4,11-12,14-15H2,1-2H3/b10-7+. The smallest absolute Gasteiger partial charge is 0.409 e. The lowest BCUT2D eigenvalue weighted by Crippen LogP contribution is -2.40. The molecule has 1 aliphatic heterocycles. The van der Waals surface area contributed by atoms with Crippen molar-refractivity contribution in [2.45, 2.75) is 32.6 Å². The summed E-state index contributed by atoms with van der Waals surface area (Å²) in [6.07, 6.45) is 8.55. The number of pyridine rings is 1. The number of esters is 1.